The third kappa shape index (κ3) is 3.73. The first-order valence-electron chi connectivity index (χ1n) is 4.28. The maximum atomic E-state index is 13.3. The van der Waals surface area contributed by atoms with E-state index in [1.165, 1.54) is 26.5 Å². The monoisotopic (exact) mass is 278 g/mol. The van der Waals surface area contributed by atoms with Crippen molar-refractivity contribution < 1.29 is 13.9 Å². The van der Waals surface area contributed by atoms with E-state index in [1.54, 1.807) is 0 Å². The lowest BCUT2D eigenvalue weighted by atomic mass is 10.4. The molecule has 0 aliphatic heterocycles. The van der Waals surface area contributed by atoms with Crippen molar-refractivity contribution in [1.82, 2.24) is 4.98 Å². The van der Waals surface area contributed by atoms with Crippen LogP contribution in [0.1, 0.15) is 0 Å². The molecule has 1 N–H and O–H groups in total. The predicted octanol–water partition coefficient (Wildman–Crippen LogP) is 2.01. The number of hydrogen-bond donors (Lipinski definition) is 1. The van der Waals surface area contributed by atoms with Gasteiger partial charge in [-0.15, -0.1) is 0 Å². The van der Waals surface area contributed by atoms with Crippen LogP contribution in [0.3, 0.4) is 0 Å². The third-order valence-electron chi connectivity index (χ3n) is 1.77. The summed E-state index contributed by atoms with van der Waals surface area (Å²) in [7, 11) is 3.03. The van der Waals surface area contributed by atoms with Crippen LogP contribution in [0.4, 0.5) is 10.2 Å². The van der Waals surface area contributed by atoms with Gasteiger partial charge in [-0.25, -0.2) is 9.37 Å². The summed E-state index contributed by atoms with van der Waals surface area (Å²) in [6, 6.07) is 1.34. The van der Waals surface area contributed by atoms with E-state index in [9.17, 15) is 4.39 Å². The van der Waals surface area contributed by atoms with E-state index in [1.807, 2.05) is 0 Å². The van der Waals surface area contributed by atoms with E-state index in [0.717, 1.165) is 0 Å². The fourth-order valence-electron chi connectivity index (χ4n) is 0.988. The standard InChI is InChI=1S/C9H12BrFN2O2/c1-14-8(15-2)5-13-9-7(11)3-6(10)4-12-9/h3-4,8H,5H2,1-2H3,(H,12,13). The SMILES string of the molecule is COC(CNc1ncc(Br)cc1F)OC. The van der Waals surface area contributed by atoms with E-state index < -0.39 is 12.1 Å². The lowest BCUT2D eigenvalue weighted by Crippen LogP contribution is -2.24. The second-order valence-electron chi connectivity index (χ2n) is 2.77. The number of aromatic nitrogens is 1. The number of hydrogen-bond acceptors (Lipinski definition) is 4. The van der Waals surface area contributed by atoms with Crippen LogP contribution >= 0.6 is 15.9 Å². The van der Waals surface area contributed by atoms with Gasteiger partial charge in [-0.2, -0.15) is 0 Å². The van der Waals surface area contributed by atoms with Crippen LogP contribution in [0.15, 0.2) is 16.7 Å². The third-order valence-corrected chi connectivity index (χ3v) is 2.20. The summed E-state index contributed by atoms with van der Waals surface area (Å²) in [5.74, 6) is -0.243. The predicted molar refractivity (Wildman–Crippen MR) is 58.2 cm³/mol. The second kappa shape index (κ2) is 5.99. The van der Waals surface area contributed by atoms with Crippen LogP contribution in [-0.2, 0) is 9.47 Å². The Morgan fingerprint density at radius 3 is 2.73 bits per heavy atom. The quantitative estimate of drug-likeness (QED) is 0.837. The number of pyridine rings is 1. The van der Waals surface area contributed by atoms with Crippen molar-refractivity contribution in [2.45, 2.75) is 6.29 Å². The lowest BCUT2D eigenvalue weighted by Gasteiger charge is -2.14. The molecule has 1 aromatic rings. The zero-order chi connectivity index (χ0) is 11.3. The van der Waals surface area contributed by atoms with Gasteiger partial charge in [0.15, 0.2) is 17.9 Å². The minimum Gasteiger partial charge on any atom is -0.363 e. The van der Waals surface area contributed by atoms with Crippen molar-refractivity contribution >= 4 is 21.7 Å². The molecule has 4 nitrogen and oxygen atoms in total. The van der Waals surface area contributed by atoms with Crippen LogP contribution in [-0.4, -0.2) is 32.0 Å². The number of halogens is 2. The van der Waals surface area contributed by atoms with Gasteiger partial charge in [-0.1, -0.05) is 0 Å². The molecule has 84 valence electrons. The summed E-state index contributed by atoms with van der Waals surface area (Å²) in [6.45, 7) is 0.332. The number of nitrogens with one attached hydrogen (secondary N) is 1. The van der Waals surface area contributed by atoms with E-state index in [0.29, 0.717) is 11.0 Å². The summed E-state index contributed by atoms with van der Waals surface area (Å²) in [5.41, 5.74) is 0. The van der Waals surface area contributed by atoms with E-state index >= 15 is 0 Å². The van der Waals surface area contributed by atoms with Crippen LogP contribution < -0.4 is 5.32 Å². The fourth-order valence-corrected chi connectivity index (χ4v) is 1.29. The van der Waals surface area contributed by atoms with Gasteiger partial charge in [-0.05, 0) is 22.0 Å². The molecule has 15 heavy (non-hydrogen) atoms. The molecule has 0 saturated carbocycles. The number of rotatable bonds is 5. The smallest absolute Gasteiger partial charge is 0.173 e. The molecule has 0 bridgehead atoms. The first-order valence-corrected chi connectivity index (χ1v) is 5.07. The van der Waals surface area contributed by atoms with Crippen molar-refractivity contribution in [2.24, 2.45) is 0 Å². The first kappa shape index (κ1) is 12.4. The van der Waals surface area contributed by atoms with Gasteiger partial charge in [0.05, 0.1) is 6.54 Å². The number of anilines is 1. The molecule has 0 fully saturated rings. The molecule has 6 heteroatoms. The number of methoxy groups -OCH3 is 2. The van der Waals surface area contributed by atoms with Gasteiger partial charge in [0.25, 0.3) is 0 Å². The molecule has 1 rings (SSSR count). The van der Waals surface area contributed by atoms with Crippen LogP contribution in [0.5, 0.6) is 0 Å². The van der Waals surface area contributed by atoms with E-state index in [4.69, 9.17) is 9.47 Å². The van der Waals surface area contributed by atoms with Crippen LogP contribution in [0.2, 0.25) is 0 Å². The molecule has 0 aliphatic rings. The zero-order valence-electron chi connectivity index (χ0n) is 8.46. The minimum absolute atomic E-state index is 0.178. The largest absolute Gasteiger partial charge is 0.363 e. The molecule has 1 aromatic heterocycles. The Labute approximate surface area is 95.9 Å². The summed E-state index contributed by atoms with van der Waals surface area (Å²) < 4.78 is 23.8. The molecule has 0 aliphatic carbocycles. The van der Waals surface area contributed by atoms with Crippen molar-refractivity contribution in [3.05, 3.63) is 22.6 Å². The maximum absolute atomic E-state index is 13.3. The first-order chi connectivity index (χ1) is 7.17. The average Bonchev–Trinajstić information content (AvgIpc) is 2.22. The second-order valence-corrected chi connectivity index (χ2v) is 3.68. The van der Waals surface area contributed by atoms with Gasteiger partial charge in [0, 0.05) is 24.9 Å². The Balaban J connectivity index is 2.57. The highest BCUT2D eigenvalue weighted by atomic mass is 79.9. The fraction of sp³-hybridized carbons (Fsp3) is 0.444. The van der Waals surface area contributed by atoms with Gasteiger partial charge in [0.1, 0.15) is 0 Å². The molecule has 0 radical (unpaired) electrons. The van der Waals surface area contributed by atoms with E-state index in [-0.39, 0.29) is 5.82 Å². The summed E-state index contributed by atoms with van der Waals surface area (Å²) >= 11 is 3.12. The van der Waals surface area contributed by atoms with Gasteiger partial charge in [0.2, 0.25) is 0 Å². The molecule has 0 spiro atoms. The average molecular weight is 279 g/mol. The highest BCUT2D eigenvalue weighted by molar-refractivity contribution is 9.10. The number of nitrogens with zero attached hydrogens (tertiary/aromatic N) is 1. The summed E-state index contributed by atoms with van der Waals surface area (Å²) in [4.78, 5) is 3.87. The minimum atomic E-state index is -0.421. The highest BCUT2D eigenvalue weighted by Crippen LogP contribution is 2.15. The highest BCUT2D eigenvalue weighted by Gasteiger charge is 2.08. The molecule has 0 unspecified atom stereocenters. The summed E-state index contributed by atoms with van der Waals surface area (Å²) in [6.07, 6.45) is 1.09. The van der Waals surface area contributed by atoms with Crippen molar-refractivity contribution in [1.29, 1.82) is 0 Å². The molecule has 0 atom stereocenters. The zero-order valence-corrected chi connectivity index (χ0v) is 10.0. The molecule has 0 amide bonds. The molecule has 1 heterocycles. The molecular formula is C9H12BrFN2O2. The topological polar surface area (TPSA) is 43.4 Å². The molecule has 0 saturated heterocycles. The van der Waals surface area contributed by atoms with E-state index in [2.05, 4.69) is 26.2 Å². The van der Waals surface area contributed by atoms with Crippen molar-refractivity contribution in [3.63, 3.8) is 0 Å². The van der Waals surface area contributed by atoms with Gasteiger partial charge >= 0.3 is 0 Å². The van der Waals surface area contributed by atoms with Gasteiger partial charge in [-0.3, -0.25) is 0 Å². The van der Waals surface area contributed by atoms with Crippen LogP contribution in [0, 0.1) is 5.82 Å². The maximum Gasteiger partial charge on any atom is 0.173 e. The normalized spacial score (nSPS) is 10.7. The van der Waals surface area contributed by atoms with Crippen molar-refractivity contribution in [2.75, 3.05) is 26.1 Å². The Bertz CT molecular complexity index is 321. The Hall–Kier alpha value is -0.720. The Morgan fingerprint density at radius 1 is 1.53 bits per heavy atom. The summed E-state index contributed by atoms with van der Waals surface area (Å²) in [5, 5.41) is 2.79. The number of ether oxygens (including phenoxy) is 2. The van der Waals surface area contributed by atoms with Crippen LogP contribution in [0.25, 0.3) is 0 Å². The molecular weight excluding hydrogens is 267 g/mol. The van der Waals surface area contributed by atoms with Crippen molar-refractivity contribution in [3.8, 4) is 0 Å². The Kier molecular flexibility index (Phi) is 4.93. The Morgan fingerprint density at radius 2 is 2.20 bits per heavy atom. The lowest BCUT2D eigenvalue weighted by molar-refractivity contribution is -0.0914. The van der Waals surface area contributed by atoms with Gasteiger partial charge < -0.3 is 14.8 Å². The molecule has 0 aromatic carbocycles.